The molecule has 4 heteroatoms. The van der Waals surface area contributed by atoms with Gasteiger partial charge in [0.05, 0.1) is 11.4 Å². The van der Waals surface area contributed by atoms with Gasteiger partial charge in [0.1, 0.15) is 18.2 Å². The van der Waals surface area contributed by atoms with Crippen LogP contribution in [0, 0.1) is 5.82 Å². The summed E-state index contributed by atoms with van der Waals surface area (Å²) in [6.07, 6.45) is 0. The molecule has 3 rings (SSSR count). The van der Waals surface area contributed by atoms with Crippen molar-refractivity contribution >= 4 is 11.4 Å². The lowest BCUT2D eigenvalue weighted by atomic mass is 10.2. The number of anilines is 2. The zero-order chi connectivity index (χ0) is 17.3. The van der Waals surface area contributed by atoms with Crippen LogP contribution in [0.3, 0.4) is 0 Å². The van der Waals surface area contributed by atoms with E-state index in [1.54, 1.807) is 12.1 Å². The van der Waals surface area contributed by atoms with Gasteiger partial charge in [0.15, 0.2) is 0 Å². The highest BCUT2D eigenvalue weighted by Gasteiger charge is 2.03. The van der Waals surface area contributed by atoms with Gasteiger partial charge in [-0.1, -0.05) is 54.6 Å². The Bertz CT molecular complexity index is 793. The number of rotatable bonds is 8. The maximum Gasteiger partial charge on any atom is 0.146 e. The van der Waals surface area contributed by atoms with E-state index < -0.39 is 0 Å². The molecule has 3 nitrogen and oxygen atoms in total. The Morgan fingerprint density at radius 1 is 0.680 bits per heavy atom. The molecule has 0 aliphatic carbocycles. The van der Waals surface area contributed by atoms with E-state index in [1.165, 1.54) is 6.07 Å². The molecule has 3 aromatic carbocycles. The van der Waals surface area contributed by atoms with Crippen molar-refractivity contribution in [1.82, 2.24) is 0 Å². The SMILES string of the molecule is Fc1ccccc1NCCNc1ccccc1OCc1ccccc1. The Hall–Kier alpha value is -3.01. The quantitative estimate of drug-likeness (QED) is 0.572. The van der Waals surface area contributed by atoms with Crippen LogP contribution >= 0.6 is 0 Å². The average molecular weight is 336 g/mol. The number of nitrogens with one attached hydrogen (secondary N) is 2. The fourth-order valence-corrected chi connectivity index (χ4v) is 2.47. The Morgan fingerprint density at radius 3 is 2.04 bits per heavy atom. The Labute approximate surface area is 147 Å². The van der Waals surface area contributed by atoms with Crippen molar-refractivity contribution in [3.63, 3.8) is 0 Å². The molecular formula is C21H21FN2O. The van der Waals surface area contributed by atoms with Crippen LogP contribution in [0.15, 0.2) is 78.9 Å². The summed E-state index contributed by atoms with van der Waals surface area (Å²) in [6.45, 7) is 1.78. The molecule has 128 valence electrons. The summed E-state index contributed by atoms with van der Waals surface area (Å²) in [6, 6.07) is 24.5. The maximum absolute atomic E-state index is 13.6. The molecule has 0 fully saturated rings. The van der Waals surface area contributed by atoms with E-state index in [9.17, 15) is 4.39 Å². The van der Waals surface area contributed by atoms with Gasteiger partial charge in [-0.05, 0) is 29.8 Å². The van der Waals surface area contributed by atoms with E-state index in [2.05, 4.69) is 10.6 Å². The van der Waals surface area contributed by atoms with E-state index in [-0.39, 0.29) is 5.82 Å². The summed E-state index contributed by atoms with van der Waals surface area (Å²) < 4.78 is 19.5. The molecule has 0 radical (unpaired) electrons. The standard InChI is InChI=1S/C21H21FN2O/c22-18-10-4-5-11-19(18)23-14-15-24-20-12-6-7-13-21(20)25-16-17-8-2-1-3-9-17/h1-13,23-24H,14-16H2. The lowest BCUT2D eigenvalue weighted by molar-refractivity contribution is 0.307. The van der Waals surface area contributed by atoms with Crippen LogP contribution in [0.25, 0.3) is 0 Å². The first-order chi connectivity index (χ1) is 12.3. The third kappa shape index (κ3) is 4.98. The van der Waals surface area contributed by atoms with E-state index in [4.69, 9.17) is 4.74 Å². The van der Waals surface area contributed by atoms with Crippen molar-refractivity contribution in [2.24, 2.45) is 0 Å². The smallest absolute Gasteiger partial charge is 0.146 e. The lowest BCUT2D eigenvalue weighted by Gasteiger charge is -2.14. The van der Waals surface area contributed by atoms with Gasteiger partial charge in [0, 0.05) is 13.1 Å². The summed E-state index contributed by atoms with van der Waals surface area (Å²) in [5.74, 6) is 0.561. The van der Waals surface area contributed by atoms with Crippen LogP contribution in [0.5, 0.6) is 5.75 Å². The molecule has 2 N–H and O–H groups in total. The fourth-order valence-electron chi connectivity index (χ4n) is 2.47. The lowest BCUT2D eigenvalue weighted by Crippen LogP contribution is -2.14. The first kappa shape index (κ1) is 16.8. The number of hydrogen-bond acceptors (Lipinski definition) is 3. The molecule has 0 saturated heterocycles. The second kappa shape index (κ2) is 8.73. The molecule has 0 bridgehead atoms. The zero-order valence-corrected chi connectivity index (χ0v) is 13.9. The molecule has 0 aliphatic rings. The van der Waals surface area contributed by atoms with Gasteiger partial charge >= 0.3 is 0 Å². The Kier molecular flexibility index (Phi) is 5.88. The summed E-state index contributed by atoms with van der Waals surface area (Å²) in [7, 11) is 0. The Morgan fingerprint density at radius 2 is 1.28 bits per heavy atom. The molecule has 0 heterocycles. The molecule has 0 aromatic heterocycles. The highest BCUT2D eigenvalue weighted by molar-refractivity contribution is 5.56. The third-order valence-electron chi connectivity index (χ3n) is 3.75. The first-order valence-corrected chi connectivity index (χ1v) is 8.31. The highest BCUT2D eigenvalue weighted by Crippen LogP contribution is 2.24. The number of benzene rings is 3. The predicted molar refractivity (Wildman–Crippen MR) is 101 cm³/mol. The number of para-hydroxylation sites is 3. The van der Waals surface area contributed by atoms with E-state index in [0.717, 1.165) is 17.0 Å². The second-order valence-corrected chi connectivity index (χ2v) is 5.60. The van der Waals surface area contributed by atoms with Gasteiger partial charge in [-0.3, -0.25) is 0 Å². The average Bonchev–Trinajstić information content (AvgIpc) is 2.66. The molecule has 25 heavy (non-hydrogen) atoms. The van der Waals surface area contributed by atoms with Gasteiger partial charge in [0.2, 0.25) is 0 Å². The first-order valence-electron chi connectivity index (χ1n) is 8.31. The molecule has 0 atom stereocenters. The summed E-state index contributed by atoms with van der Waals surface area (Å²) in [5, 5.41) is 6.41. The number of halogens is 1. The maximum atomic E-state index is 13.6. The van der Waals surface area contributed by atoms with Crippen LogP contribution in [0.4, 0.5) is 15.8 Å². The molecule has 0 spiro atoms. The molecule has 0 amide bonds. The molecule has 3 aromatic rings. The monoisotopic (exact) mass is 336 g/mol. The molecule has 0 saturated carbocycles. The van der Waals surface area contributed by atoms with Crippen molar-refractivity contribution in [1.29, 1.82) is 0 Å². The second-order valence-electron chi connectivity index (χ2n) is 5.60. The van der Waals surface area contributed by atoms with Crippen LogP contribution in [0.2, 0.25) is 0 Å². The highest BCUT2D eigenvalue weighted by atomic mass is 19.1. The minimum Gasteiger partial charge on any atom is -0.487 e. The largest absolute Gasteiger partial charge is 0.487 e. The van der Waals surface area contributed by atoms with Crippen LogP contribution in [0.1, 0.15) is 5.56 Å². The molecule has 0 aliphatic heterocycles. The van der Waals surface area contributed by atoms with Gasteiger partial charge in [-0.15, -0.1) is 0 Å². The van der Waals surface area contributed by atoms with Crippen molar-refractivity contribution in [2.75, 3.05) is 23.7 Å². The van der Waals surface area contributed by atoms with Gasteiger partial charge in [0.25, 0.3) is 0 Å². The molecular weight excluding hydrogens is 315 g/mol. The van der Waals surface area contributed by atoms with Crippen LogP contribution in [-0.2, 0) is 6.61 Å². The molecule has 0 unspecified atom stereocenters. The van der Waals surface area contributed by atoms with Gasteiger partial charge in [-0.25, -0.2) is 4.39 Å². The summed E-state index contributed by atoms with van der Waals surface area (Å²) >= 11 is 0. The van der Waals surface area contributed by atoms with Gasteiger partial charge < -0.3 is 15.4 Å². The van der Waals surface area contributed by atoms with E-state index >= 15 is 0 Å². The fraction of sp³-hybridized carbons (Fsp3) is 0.143. The van der Waals surface area contributed by atoms with Crippen molar-refractivity contribution < 1.29 is 9.13 Å². The van der Waals surface area contributed by atoms with Gasteiger partial charge in [-0.2, -0.15) is 0 Å². The van der Waals surface area contributed by atoms with Crippen molar-refractivity contribution in [3.05, 3.63) is 90.2 Å². The van der Waals surface area contributed by atoms with Crippen LogP contribution in [-0.4, -0.2) is 13.1 Å². The summed E-state index contributed by atoms with van der Waals surface area (Å²) in [5.41, 5.74) is 2.56. The van der Waals surface area contributed by atoms with Crippen LogP contribution < -0.4 is 15.4 Å². The zero-order valence-electron chi connectivity index (χ0n) is 13.9. The predicted octanol–water partition coefficient (Wildman–Crippen LogP) is 4.93. The minimum atomic E-state index is -0.242. The van der Waals surface area contributed by atoms with E-state index in [1.807, 2.05) is 60.7 Å². The van der Waals surface area contributed by atoms with Crippen molar-refractivity contribution in [3.8, 4) is 5.75 Å². The topological polar surface area (TPSA) is 33.3 Å². The third-order valence-corrected chi connectivity index (χ3v) is 3.75. The number of ether oxygens (including phenoxy) is 1. The van der Waals surface area contributed by atoms with E-state index in [0.29, 0.717) is 25.4 Å². The number of hydrogen-bond donors (Lipinski definition) is 2. The normalized spacial score (nSPS) is 10.3. The summed E-state index contributed by atoms with van der Waals surface area (Å²) in [4.78, 5) is 0. The minimum absolute atomic E-state index is 0.242. The van der Waals surface area contributed by atoms with Crippen molar-refractivity contribution in [2.45, 2.75) is 6.61 Å². The Balaban J connectivity index is 1.51.